The maximum Gasteiger partial charge on any atom is 0.273 e. The van der Waals surface area contributed by atoms with Gasteiger partial charge in [-0.25, -0.2) is 0 Å². The minimum atomic E-state index is -0.159. The number of hydrogen-bond donors (Lipinski definition) is 2. The molecule has 0 aliphatic rings. The van der Waals surface area contributed by atoms with Crippen LogP contribution < -0.4 is 10.6 Å². The van der Waals surface area contributed by atoms with Gasteiger partial charge in [0.2, 0.25) is 0 Å². The van der Waals surface area contributed by atoms with Crippen LogP contribution in [0.1, 0.15) is 70.1 Å². The van der Waals surface area contributed by atoms with Crippen LogP contribution >= 0.6 is 0 Å². The molecule has 0 aliphatic carbocycles. The van der Waals surface area contributed by atoms with Crippen LogP contribution in [0.5, 0.6) is 0 Å². The molecule has 1 aromatic heterocycles. The summed E-state index contributed by atoms with van der Waals surface area (Å²) in [6, 6.07) is 1.78. The van der Waals surface area contributed by atoms with Gasteiger partial charge in [0, 0.05) is 25.1 Å². The largest absolute Gasteiger partial charge is 0.361 e. The highest BCUT2D eigenvalue weighted by Gasteiger charge is 2.31. The molecule has 2 N–H and O–H groups in total. The van der Waals surface area contributed by atoms with Crippen molar-refractivity contribution in [3.05, 3.63) is 17.5 Å². The second-order valence-electron chi connectivity index (χ2n) is 6.31. The fourth-order valence-electron chi connectivity index (χ4n) is 2.61. The first kappa shape index (κ1) is 18.7. The number of aryl methyl sites for hydroxylation is 1. The van der Waals surface area contributed by atoms with Crippen molar-refractivity contribution < 1.29 is 9.32 Å². The van der Waals surface area contributed by atoms with E-state index in [9.17, 15) is 4.79 Å². The molecule has 0 aliphatic heterocycles. The average Bonchev–Trinajstić information content (AvgIpc) is 2.96. The molecule has 1 amide bonds. The number of nitrogens with zero attached hydrogens (tertiary/aromatic N) is 1. The Hall–Kier alpha value is -1.36. The molecule has 1 rings (SSSR count). The Kier molecular flexibility index (Phi) is 7.59. The van der Waals surface area contributed by atoms with Crippen molar-refractivity contribution in [1.82, 2.24) is 15.8 Å². The summed E-state index contributed by atoms with van der Waals surface area (Å²) in [4.78, 5) is 12.3. The summed E-state index contributed by atoms with van der Waals surface area (Å²) in [6.07, 6.45) is 4.00. The van der Waals surface area contributed by atoms with Gasteiger partial charge in [-0.1, -0.05) is 39.3 Å². The van der Waals surface area contributed by atoms with Gasteiger partial charge in [-0.2, -0.15) is 0 Å². The molecule has 5 nitrogen and oxygen atoms in total. The second-order valence-corrected chi connectivity index (χ2v) is 6.31. The zero-order valence-electron chi connectivity index (χ0n) is 14.7. The van der Waals surface area contributed by atoms with Gasteiger partial charge < -0.3 is 15.2 Å². The smallest absolute Gasteiger partial charge is 0.273 e. The van der Waals surface area contributed by atoms with Crippen LogP contribution in [0, 0.1) is 5.41 Å². The SMILES string of the molecule is CCCNCC(C)(CCC)C(C)NC(=O)c1cc(CC)on1. The first-order valence-corrected chi connectivity index (χ1v) is 8.44. The Morgan fingerprint density at radius 2 is 2.09 bits per heavy atom. The number of carbonyl (C=O) groups excluding carboxylic acids is 1. The van der Waals surface area contributed by atoms with Crippen molar-refractivity contribution in [2.75, 3.05) is 13.1 Å². The Morgan fingerprint density at radius 3 is 2.64 bits per heavy atom. The third kappa shape index (κ3) is 5.13. The van der Waals surface area contributed by atoms with E-state index in [0.29, 0.717) is 5.69 Å². The third-order valence-corrected chi connectivity index (χ3v) is 4.31. The van der Waals surface area contributed by atoms with Crippen molar-refractivity contribution in [2.45, 2.75) is 66.3 Å². The van der Waals surface area contributed by atoms with E-state index in [2.05, 4.69) is 43.5 Å². The summed E-state index contributed by atoms with van der Waals surface area (Å²) in [5.74, 6) is 0.576. The van der Waals surface area contributed by atoms with Gasteiger partial charge in [-0.05, 0) is 31.7 Å². The zero-order chi connectivity index (χ0) is 16.6. The molecule has 2 unspecified atom stereocenters. The topological polar surface area (TPSA) is 67.2 Å². The molecule has 1 heterocycles. The van der Waals surface area contributed by atoms with Crippen LogP contribution in [0.2, 0.25) is 0 Å². The van der Waals surface area contributed by atoms with Gasteiger partial charge in [0.15, 0.2) is 5.69 Å². The predicted molar refractivity (Wildman–Crippen MR) is 89.0 cm³/mol. The minimum Gasteiger partial charge on any atom is -0.361 e. The molecule has 5 heteroatoms. The molecule has 1 aromatic rings. The zero-order valence-corrected chi connectivity index (χ0v) is 14.7. The summed E-state index contributed by atoms with van der Waals surface area (Å²) in [7, 11) is 0. The molecule has 0 saturated heterocycles. The van der Waals surface area contributed by atoms with Crippen LogP contribution in [0.15, 0.2) is 10.6 Å². The van der Waals surface area contributed by atoms with E-state index < -0.39 is 0 Å². The lowest BCUT2D eigenvalue weighted by atomic mass is 9.78. The number of nitrogens with one attached hydrogen (secondary N) is 2. The number of aromatic nitrogens is 1. The van der Waals surface area contributed by atoms with E-state index in [0.717, 1.165) is 44.5 Å². The molecule has 0 radical (unpaired) electrons. The average molecular weight is 309 g/mol. The quantitative estimate of drug-likeness (QED) is 0.652. The van der Waals surface area contributed by atoms with Crippen molar-refractivity contribution in [3.8, 4) is 0 Å². The molecule has 2 atom stereocenters. The molecule has 0 fully saturated rings. The van der Waals surface area contributed by atoms with E-state index in [4.69, 9.17) is 4.52 Å². The van der Waals surface area contributed by atoms with E-state index in [1.54, 1.807) is 6.07 Å². The first-order chi connectivity index (χ1) is 10.5. The Morgan fingerprint density at radius 1 is 1.36 bits per heavy atom. The fourth-order valence-corrected chi connectivity index (χ4v) is 2.61. The summed E-state index contributed by atoms with van der Waals surface area (Å²) in [5, 5.41) is 10.4. The standard InChI is InChI=1S/C17H31N3O2/c1-6-9-17(5,12-18-10-7-2)13(4)19-16(21)15-11-14(8-3)22-20-15/h11,13,18H,6-10,12H2,1-5H3,(H,19,21). The highest BCUT2D eigenvalue weighted by molar-refractivity contribution is 5.92. The number of carbonyl (C=O) groups is 1. The molecule has 0 bridgehead atoms. The fraction of sp³-hybridized carbons (Fsp3) is 0.765. The Bertz CT molecular complexity index is 459. The normalized spacial score (nSPS) is 15.3. The highest BCUT2D eigenvalue weighted by atomic mass is 16.5. The van der Waals surface area contributed by atoms with Crippen molar-refractivity contribution in [3.63, 3.8) is 0 Å². The van der Waals surface area contributed by atoms with Gasteiger partial charge in [-0.15, -0.1) is 0 Å². The summed E-state index contributed by atoms with van der Waals surface area (Å²) in [5.41, 5.74) is 0.390. The summed E-state index contributed by atoms with van der Waals surface area (Å²) < 4.78 is 5.11. The van der Waals surface area contributed by atoms with Crippen molar-refractivity contribution in [2.24, 2.45) is 5.41 Å². The molecular formula is C17H31N3O2. The van der Waals surface area contributed by atoms with Gasteiger partial charge in [0.25, 0.3) is 5.91 Å². The predicted octanol–water partition coefficient (Wildman–Crippen LogP) is 3.16. The molecule has 0 saturated carbocycles. The molecule has 22 heavy (non-hydrogen) atoms. The highest BCUT2D eigenvalue weighted by Crippen LogP contribution is 2.27. The van der Waals surface area contributed by atoms with Crippen molar-refractivity contribution >= 4 is 5.91 Å². The van der Waals surface area contributed by atoms with E-state index in [-0.39, 0.29) is 17.4 Å². The van der Waals surface area contributed by atoms with Crippen LogP contribution in [-0.4, -0.2) is 30.2 Å². The molecule has 126 valence electrons. The minimum absolute atomic E-state index is 0.0247. The molecule has 0 aromatic carbocycles. The van der Waals surface area contributed by atoms with Crippen LogP contribution in [0.25, 0.3) is 0 Å². The van der Waals surface area contributed by atoms with Gasteiger partial charge in [0.1, 0.15) is 5.76 Å². The summed E-state index contributed by atoms with van der Waals surface area (Å²) >= 11 is 0. The summed E-state index contributed by atoms with van der Waals surface area (Å²) in [6.45, 7) is 12.5. The van der Waals surface area contributed by atoms with Crippen LogP contribution in [0.4, 0.5) is 0 Å². The van der Waals surface area contributed by atoms with Gasteiger partial charge in [0.05, 0.1) is 0 Å². The number of hydrogen-bond acceptors (Lipinski definition) is 4. The molecule has 0 spiro atoms. The lowest BCUT2D eigenvalue weighted by Crippen LogP contribution is -2.49. The van der Waals surface area contributed by atoms with E-state index in [1.807, 2.05) is 6.92 Å². The maximum atomic E-state index is 12.3. The lowest BCUT2D eigenvalue weighted by Gasteiger charge is -2.36. The van der Waals surface area contributed by atoms with Crippen LogP contribution in [0.3, 0.4) is 0 Å². The third-order valence-electron chi connectivity index (χ3n) is 4.31. The number of rotatable bonds is 10. The molecular weight excluding hydrogens is 278 g/mol. The Labute approximate surface area is 134 Å². The Balaban J connectivity index is 2.68. The van der Waals surface area contributed by atoms with Gasteiger partial charge in [-0.3, -0.25) is 4.79 Å². The van der Waals surface area contributed by atoms with E-state index in [1.165, 1.54) is 0 Å². The first-order valence-electron chi connectivity index (χ1n) is 8.44. The number of amides is 1. The monoisotopic (exact) mass is 309 g/mol. The maximum absolute atomic E-state index is 12.3. The second kappa shape index (κ2) is 8.93. The van der Waals surface area contributed by atoms with Crippen LogP contribution in [-0.2, 0) is 6.42 Å². The van der Waals surface area contributed by atoms with E-state index >= 15 is 0 Å². The lowest BCUT2D eigenvalue weighted by molar-refractivity contribution is 0.0877. The van der Waals surface area contributed by atoms with Gasteiger partial charge >= 0.3 is 0 Å². The van der Waals surface area contributed by atoms with Crippen molar-refractivity contribution in [1.29, 1.82) is 0 Å².